The Morgan fingerprint density at radius 2 is 1.60 bits per heavy atom. The smallest absolute Gasteiger partial charge is 0.211 e. The highest BCUT2D eigenvalue weighted by Crippen LogP contribution is 2.32. The van der Waals surface area contributed by atoms with E-state index in [2.05, 4.69) is 0 Å². The molecular formula is C26H24FNO6S. The van der Waals surface area contributed by atoms with E-state index in [0.717, 1.165) is 0 Å². The summed E-state index contributed by atoms with van der Waals surface area (Å²) < 4.78 is 59.1. The second-order valence-electron chi connectivity index (χ2n) is 7.67. The van der Waals surface area contributed by atoms with Crippen LogP contribution in [0.2, 0.25) is 0 Å². The number of pyridine rings is 1. The zero-order chi connectivity index (χ0) is 25.2. The second-order valence-corrected chi connectivity index (χ2v) is 9.59. The third-order valence-corrected chi connectivity index (χ3v) is 7.35. The van der Waals surface area contributed by atoms with Crippen molar-refractivity contribution < 1.29 is 27.0 Å². The molecular weight excluding hydrogens is 473 g/mol. The molecule has 0 aliphatic carbocycles. The Labute approximate surface area is 202 Å². The van der Waals surface area contributed by atoms with Gasteiger partial charge in [-0.15, -0.1) is 0 Å². The molecule has 0 fully saturated rings. The molecule has 0 radical (unpaired) electrons. The topological polar surface area (TPSA) is 83.8 Å². The molecule has 1 aromatic heterocycles. The van der Waals surface area contributed by atoms with Gasteiger partial charge < -0.3 is 18.8 Å². The number of sulfone groups is 1. The number of halogens is 1. The molecule has 0 atom stereocenters. The van der Waals surface area contributed by atoms with E-state index in [1.165, 1.54) is 61.4 Å². The molecule has 4 aromatic rings. The molecule has 0 bridgehead atoms. The zero-order valence-corrected chi connectivity index (χ0v) is 20.3. The first-order valence-electron chi connectivity index (χ1n) is 10.8. The van der Waals surface area contributed by atoms with Crippen molar-refractivity contribution in [3.8, 4) is 17.2 Å². The molecule has 0 aliphatic rings. The molecule has 7 nitrogen and oxygen atoms in total. The van der Waals surface area contributed by atoms with Crippen molar-refractivity contribution in [3.05, 3.63) is 88.5 Å². The highest BCUT2D eigenvalue weighted by Gasteiger charge is 2.25. The minimum Gasteiger partial charge on any atom is -0.494 e. The maximum atomic E-state index is 14.5. The van der Waals surface area contributed by atoms with Crippen LogP contribution >= 0.6 is 0 Å². The van der Waals surface area contributed by atoms with Crippen LogP contribution < -0.4 is 19.6 Å². The van der Waals surface area contributed by atoms with Gasteiger partial charge in [0.15, 0.2) is 11.5 Å². The van der Waals surface area contributed by atoms with Gasteiger partial charge in [0, 0.05) is 17.8 Å². The maximum Gasteiger partial charge on any atom is 0.211 e. The van der Waals surface area contributed by atoms with Gasteiger partial charge in [0.1, 0.15) is 16.5 Å². The van der Waals surface area contributed by atoms with E-state index >= 15 is 0 Å². The molecule has 182 valence electrons. The average molecular weight is 498 g/mol. The summed E-state index contributed by atoms with van der Waals surface area (Å²) in [7, 11) is -1.34. The number of hydrogen-bond acceptors (Lipinski definition) is 6. The molecule has 0 saturated heterocycles. The van der Waals surface area contributed by atoms with Crippen molar-refractivity contribution in [2.24, 2.45) is 0 Å². The van der Waals surface area contributed by atoms with Gasteiger partial charge in [-0.25, -0.2) is 12.8 Å². The summed E-state index contributed by atoms with van der Waals surface area (Å²) in [6, 6.07) is 15.0. The molecule has 0 unspecified atom stereocenters. The fourth-order valence-electron chi connectivity index (χ4n) is 3.83. The Bertz CT molecular complexity index is 1550. The number of aromatic nitrogens is 1. The van der Waals surface area contributed by atoms with Crippen LogP contribution in [0, 0.1) is 5.82 Å². The largest absolute Gasteiger partial charge is 0.494 e. The van der Waals surface area contributed by atoms with Gasteiger partial charge in [-0.1, -0.05) is 18.2 Å². The molecule has 4 rings (SSSR count). The van der Waals surface area contributed by atoms with Crippen LogP contribution in [0.15, 0.2) is 81.4 Å². The van der Waals surface area contributed by atoms with Gasteiger partial charge in [-0.3, -0.25) is 4.79 Å². The fourth-order valence-corrected chi connectivity index (χ4v) is 5.20. The summed E-state index contributed by atoms with van der Waals surface area (Å²) in [4.78, 5) is 13.0. The normalized spacial score (nSPS) is 11.4. The number of fused-ring (bicyclic) bond motifs is 1. The summed E-state index contributed by atoms with van der Waals surface area (Å²) in [5.74, 6) is 0.684. The predicted octanol–water partition coefficient (Wildman–Crippen LogP) is 4.44. The molecule has 0 saturated carbocycles. The summed E-state index contributed by atoms with van der Waals surface area (Å²) in [5, 5.41) is 0.103. The van der Waals surface area contributed by atoms with Crippen molar-refractivity contribution in [3.63, 3.8) is 0 Å². The first-order chi connectivity index (χ1) is 16.8. The zero-order valence-electron chi connectivity index (χ0n) is 19.4. The molecule has 0 N–H and O–H groups in total. The summed E-state index contributed by atoms with van der Waals surface area (Å²) in [6.45, 7) is 2.24. The van der Waals surface area contributed by atoms with Gasteiger partial charge in [0.25, 0.3) is 0 Å². The van der Waals surface area contributed by atoms with E-state index < -0.39 is 26.0 Å². The van der Waals surface area contributed by atoms with Crippen LogP contribution in [0.4, 0.5) is 4.39 Å². The van der Waals surface area contributed by atoms with Crippen molar-refractivity contribution in [1.29, 1.82) is 0 Å². The molecule has 1 heterocycles. The van der Waals surface area contributed by atoms with Crippen molar-refractivity contribution in [2.45, 2.75) is 23.3 Å². The van der Waals surface area contributed by atoms with Gasteiger partial charge in [0.2, 0.25) is 15.3 Å². The van der Waals surface area contributed by atoms with E-state index in [9.17, 15) is 17.6 Å². The molecule has 0 amide bonds. The predicted molar refractivity (Wildman–Crippen MR) is 130 cm³/mol. The van der Waals surface area contributed by atoms with Gasteiger partial charge in [-0.2, -0.15) is 0 Å². The number of ether oxygens (including phenoxy) is 3. The van der Waals surface area contributed by atoms with Gasteiger partial charge in [-0.05, 0) is 43.3 Å². The van der Waals surface area contributed by atoms with E-state index in [0.29, 0.717) is 29.2 Å². The monoisotopic (exact) mass is 497 g/mol. The maximum absolute atomic E-state index is 14.5. The van der Waals surface area contributed by atoms with Crippen molar-refractivity contribution >= 4 is 20.7 Å². The highest BCUT2D eigenvalue weighted by atomic mass is 32.2. The molecule has 0 spiro atoms. The quantitative estimate of drug-likeness (QED) is 0.358. The van der Waals surface area contributed by atoms with E-state index in [4.69, 9.17) is 14.2 Å². The first-order valence-corrected chi connectivity index (χ1v) is 12.3. The standard InChI is InChI=1S/C26H24FNO6S/c1-4-34-18-9-11-19(12-10-18)35(30,31)25-16-28(15-17-7-5-6-8-21(17)27)22-14-24(33-3)23(32-2)13-20(22)26(25)29/h5-14,16H,4,15H2,1-3H3. The lowest BCUT2D eigenvalue weighted by molar-refractivity contribution is 0.340. The van der Waals surface area contributed by atoms with Gasteiger partial charge in [0.05, 0.1) is 43.2 Å². The Morgan fingerprint density at radius 3 is 2.23 bits per heavy atom. The number of hydrogen-bond donors (Lipinski definition) is 0. The number of methoxy groups -OCH3 is 2. The molecule has 0 aliphatic heterocycles. The van der Waals surface area contributed by atoms with Crippen molar-refractivity contribution in [2.75, 3.05) is 20.8 Å². The third kappa shape index (κ3) is 4.59. The van der Waals surface area contributed by atoms with E-state index in [1.807, 2.05) is 6.92 Å². The molecule has 35 heavy (non-hydrogen) atoms. The average Bonchev–Trinajstić information content (AvgIpc) is 2.86. The lowest BCUT2D eigenvalue weighted by atomic mass is 10.1. The second kappa shape index (κ2) is 9.79. The SMILES string of the molecule is CCOc1ccc(S(=O)(=O)c2cn(Cc3ccccc3F)c3cc(OC)c(OC)cc3c2=O)cc1. The lowest BCUT2D eigenvalue weighted by Gasteiger charge is -2.17. The first kappa shape index (κ1) is 24.3. The van der Waals surface area contributed by atoms with Crippen molar-refractivity contribution in [1.82, 2.24) is 4.57 Å². The summed E-state index contributed by atoms with van der Waals surface area (Å²) >= 11 is 0. The fraction of sp³-hybridized carbons (Fsp3) is 0.192. The van der Waals surface area contributed by atoms with Crippen LogP contribution in [0.1, 0.15) is 12.5 Å². The lowest BCUT2D eigenvalue weighted by Crippen LogP contribution is -2.20. The van der Waals surface area contributed by atoms with Crippen LogP contribution in [-0.2, 0) is 16.4 Å². The number of nitrogens with zero attached hydrogens (tertiary/aromatic N) is 1. The summed E-state index contributed by atoms with van der Waals surface area (Å²) in [6.07, 6.45) is 1.24. The van der Waals surface area contributed by atoms with Gasteiger partial charge >= 0.3 is 0 Å². The minimum absolute atomic E-state index is 0.00919. The van der Waals surface area contributed by atoms with E-state index in [-0.39, 0.29) is 22.6 Å². The highest BCUT2D eigenvalue weighted by molar-refractivity contribution is 7.91. The molecule has 9 heteroatoms. The number of benzene rings is 3. The van der Waals surface area contributed by atoms with E-state index in [1.54, 1.807) is 24.3 Å². The Balaban J connectivity index is 1.97. The van der Waals surface area contributed by atoms with Crippen LogP contribution in [0.25, 0.3) is 10.9 Å². The van der Waals surface area contributed by atoms with Crippen LogP contribution in [0.5, 0.6) is 17.2 Å². The number of rotatable bonds is 8. The Hall–Kier alpha value is -3.85. The van der Waals surface area contributed by atoms with Crippen LogP contribution in [0.3, 0.4) is 0 Å². The minimum atomic E-state index is -4.21. The van der Waals surface area contributed by atoms with Crippen LogP contribution in [-0.4, -0.2) is 33.8 Å². The summed E-state index contributed by atoms with van der Waals surface area (Å²) in [5.41, 5.74) is 0.0119. The Kier molecular flexibility index (Phi) is 6.79. The third-order valence-electron chi connectivity index (χ3n) is 5.59. The Morgan fingerprint density at radius 1 is 0.943 bits per heavy atom. The molecule has 3 aromatic carbocycles.